The number of benzene rings is 1. The molecule has 25 heavy (non-hydrogen) atoms. The molecule has 0 saturated heterocycles. The van der Waals surface area contributed by atoms with E-state index in [0.29, 0.717) is 24.8 Å². The molecule has 0 aliphatic heterocycles. The van der Waals surface area contributed by atoms with Gasteiger partial charge in [-0.15, -0.1) is 0 Å². The maximum absolute atomic E-state index is 12.8. The molecule has 0 radical (unpaired) electrons. The summed E-state index contributed by atoms with van der Waals surface area (Å²) < 4.78 is 55.4. The number of nitrogens with zero attached hydrogens (tertiary/aromatic N) is 1. The second-order valence-electron chi connectivity index (χ2n) is 6.36. The molecule has 0 heterocycles. The Labute approximate surface area is 151 Å². The van der Waals surface area contributed by atoms with E-state index in [1.807, 2.05) is 6.92 Å². The molecule has 1 aliphatic rings. The summed E-state index contributed by atoms with van der Waals surface area (Å²) in [6.07, 6.45) is 2.98. The summed E-state index contributed by atoms with van der Waals surface area (Å²) in [6.45, 7) is 4.73. The van der Waals surface area contributed by atoms with Gasteiger partial charge in [-0.05, 0) is 49.4 Å². The van der Waals surface area contributed by atoms with Gasteiger partial charge in [0.1, 0.15) is 12.4 Å². The first kappa shape index (κ1) is 20.2. The van der Waals surface area contributed by atoms with E-state index in [1.165, 1.54) is 12.1 Å². The molecule has 0 atom stereocenters. The number of sulfonamides is 1. The molecule has 0 amide bonds. The van der Waals surface area contributed by atoms with Crippen LogP contribution >= 0.6 is 0 Å². The van der Waals surface area contributed by atoms with Crippen LogP contribution in [-0.4, -0.2) is 52.3 Å². The van der Waals surface area contributed by atoms with Crippen LogP contribution in [0.25, 0.3) is 0 Å². The fourth-order valence-electron chi connectivity index (χ4n) is 2.44. The summed E-state index contributed by atoms with van der Waals surface area (Å²) in [4.78, 5) is 0.245. The molecule has 6 nitrogen and oxygen atoms in total. The minimum absolute atomic E-state index is 0.0464. The molecule has 1 saturated carbocycles. The molecular weight excluding hydrogens is 362 g/mol. The van der Waals surface area contributed by atoms with Crippen LogP contribution in [-0.2, 0) is 19.9 Å². The number of ether oxygens (including phenoxy) is 1. The first-order valence-corrected chi connectivity index (χ1v) is 12.0. The highest BCUT2D eigenvalue weighted by atomic mass is 32.2. The van der Waals surface area contributed by atoms with Crippen molar-refractivity contribution in [2.24, 2.45) is 5.92 Å². The van der Waals surface area contributed by atoms with Gasteiger partial charge in [-0.25, -0.2) is 16.8 Å². The van der Waals surface area contributed by atoms with Crippen LogP contribution in [0.3, 0.4) is 0 Å². The second-order valence-corrected chi connectivity index (χ2v) is 10.8. The van der Waals surface area contributed by atoms with Gasteiger partial charge in [0.15, 0.2) is 9.84 Å². The van der Waals surface area contributed by atoms with Gasteiger partial charge in [-0.1, -0.05) is 13.8 Å². The monoisotopic (exact) mass is 389 g/mol. The van der Waals surface area contributed by atoms with Crippen LogP contribution < -0.4 is 4.74 Å². The van der Waals surface area contributed by atoms with Crippen LogP contribution in [0.15, 0.2) is 29.2 Å². The van der Waals surface area contributed by atoms with Gasteiger partial charge in [-0.2, -0.15) is 4.31 Å². The fourth-order valence-corrected chi connectivity index (χ4v) is 4.67. The van der Waals surface area contributed by atoms with E-state index in [4.69, 9.17) is 4.74 Å². The molecule has 1 aromatic carbocycles. The van der Waals surface area contributed by atoms with Crippen molar-refractivity contribution in [2.45, 2.75) is 38.0 Å². The van der Waals surface area contributed by atoms with E-state index >= 15 is 0 Å². The Morgan fingerprint density at radius 3 is 2.24 bits per heavy atom. The van der Waals surface area contributed by atoms with Gasteiger partial charge in [-0.3, -0.25) is 0 Å². The van der Waals surface area contributed by atoms with E-state index in [-0.39, 0.29) is 23.0 Å². The van der Waals surface area contributed by atoms with Crippen LogP contribution in [0.4, 0.5) is 0 Å². The first-order chi connectivity index (χ1) is 11.8. The highest BCUT2D eigenvalue weighted by Gasteiger charge is 2.31. The molecule has 0 N–H and O–H groups in total. The Kier molecular flexibility index (Phi) is 6.87. The van der Waals surface area contributed by atoms with E-state index in [2.05, 4.69) is 0 Å². The summed E-state index contributed by atoms with van der Waals surface area (Å²) in [6, 6.07) is 6.20. The van der Waals surface area contributed by atoms with Crippen molar-refractivity contribution in [3.8, 4) is 5.75 Å². The van der Waals surface area contributed by atoms with Gasteiger partial charge in [0.2, 0.25) is 10.0 Å². The van der Waals surface area contributed by atoms with Crippen molar-refractivity contribution in [1.82, 2.24) is 4.31 Å². The Bertz CT molecular complexity index is 753. The number of rotatable bonds is 11. The number of hydrogen-bond acceptors (Lipinski definition) is 5. The van der Waals surface area contributed by atoms with Gasteiger partial charge in [0, 0.05) is 18.8 Å². The maximum Gasteiger partial charge on any atom is 0.243 e. The molecule has 8 heteroatoms. The summed E-state index contributed by atoms with van der Waals surface area (Å²) in [5, 5.41) is 0. The lowest BCUT2D eigenvalue weighted by Crippen LogP contribution is -2.33. The van der Waals surface area contributed by atoms with Gasteiger partial charge < -0.3 is 4.74 Å². The standard InChI is InChI=1S/C17H27NO5S2/c1-3-11-18(14-15-5-6-15)25(21,22)17-9-7-16(8-10-17)23-12-13-24(19,20)4-2/h7-10,15H,3-6,11-14H2,1-2H3. The van der Waals surface area contributed by atoms with E-state index in [0.717, 1.165) is 19.3 Å². The molecule has 0 unspecified atom stereocenters. The van der Waals surface area contributed by atoms with Gasteiger partial charge in [0.25, 0.3) is 0 Å². The largest absolute Gasteiger partial charge is 0.493 e. The molecule has 1 aromatic rings. The van der Waals surface area contributed by atoms with Crippen molar-refractivity contribution in [3.05, 3.63) is 24.3 Å². The van der Waals surface area contributed by atoms with Crippen molar-refractivity contribution in [2.75, 3.05) is 31.2 Å². The lowest BCUT2D eigenvalue weighted by molar-refractivity contribution is 0.340. The second kappa shape index (κ2) is 8.51. The molecule has 2 rings (SSSR count). The van der Waals surface area contributed by atoms with Crippen molar-refractivity contribution < 1.29 is 21.6 Å². The SMILES string of the molecule is CCCN(CC1CC1)S(=O)(=O)c1ccc(OCCS(=O)(=O)CC)cc1. The predicted octanol–water partition coefficient (Wildman–Crippen LogP) is 2.31. The lowest BCUT2D eigenvalue weighted by atomic mass is 10.3. The minimum Gasteiger partial charge on any atom is -0.493 e. The highest BCUT2D eigenvalue weighted by Crippen LogP contribution is 2.32. The molecular formula is C17H27NO5S2. The lowest BCUT2D eigenvalue weighted by Gasteiger charge is -2.21. The summed E-state index contributed by atoms with van der Waals surface area (Å²) in [5.41, 5.74) is 0. The zero-order chi connectivity index (χ0) is 18.5. The summed E-state index contributed by atoms with van der Waals surface area (Å²) in [7, 11) is -6.57. The Morgan fingerprint density at radius 2 is 1.72 bits per heavy atom. The molecule has 1 aliphatic carbocycles. The van der Waals surface area contributed by atoms with E-state index < -0.39 is 19.9 Å². The Balaban J connectivity index is 2.01. The van der Waals surface area contributed by atoms with Crippen LogP contribution in [0.2, 0.25) is 0 Å². The topological polar surface area (TPSA) is 80.8 Å². The zero-order valence-electron chi connectivity index (χ0n) is 14.8. The molecule has 142 valence electrons. The van der Waals surface area contributed by atoms with Gasteiger partial charge in [0.05, 0.1) is 10.6 Å². The predicted molar refractivity (Wildman–Crippen MR) is 98.0 cm³/mol. The number of hydrogen-bond donors (Lipinski definition) is 0. The molecule has 0 aromatic heterocycles. The van der Waals surface area contributed by atoms with Gasteiger partial charge >= 0.3 is 0 Å². The van der Waals surface area contributed by atoms with Crippen molar-refractivity contribution >= 4 is 19.9 Å². The minimum atomic E-state index is -3.50. The van der Waals surface area contributed by atoms with Crippen LogP contribution in [0, 0.1) is 5.92 Å². The fraction of sp³-hybridized carbons (Fsp3) is 0.647. The molecule has 0 spiro atoms. The molecule has 1 fully saturated rings. The highest BCUT2D eigenvalue weighted by molar-refractivity contribution is 7.91. The normalized spacial score (nSPS) is 15.5. The maximum atomic E-state index is 12.8. The van der Waals surface area contributed by atoms with Crippen molar-refractivity contribution in [1.29, 1.82) is 0 Å². The smallest absolute Gasteiger partial charge is 0.243 e. The summed E-state index contributed by atoms with van der Waals surface area (Å²) in [5.74, 6) is 0.996. The third kappa shape index (κ3) is 5.97. The average Bonchev–Trinajstić information content (AvgIpc) is 3.39. The first-order valence-electron chi connectivity index (χ1n) is 8.72. The third-order valence-electron chi connectivity index (χ3n) is 4.20. The number of sulfone groups is 1. The van der Waals surface area contributed by atoms with E-state index in [1.54, 1.807) is 23.4 Å². The van der Waals surface area contributed by atoms with E-state index in [9.17, 15) is 16.8 Å². The van der Waals surface area contributed by atoms with Crippen LogP contribution in [0.5, 0.6) is 5.75 Å². The quantitative estimate of drug-likeness (QED) is 0.580. The Morgan fingerprint density at radius 1 is 1.08 bits per heavy atom. The zero-order valence-corrected chi connectivity index (χ0v) is 16.5. The Hall–Kier alpha value is -1.12. The summed E-state index contributed by atoms with van der Waals surface area (Å²) >= 11 is 0. The average molecular weight is 390 g/mol. The van der Waals surface area contributed by atoms with Crippen molar-refractivity contribution in [3.63, 3.8) is 0 Å². The van der Waals surface area contributed by atoms with Crippen LogP contribution in [0.1, 0.15) is 33.1 Å². The molecule has 0 bridgehead atoms. The third-order valence-corrected chi connectivity index (χ3v) is 7.74.